The Hall–Kier alpha value is -0.530. The Balaban J connectivity index is 1.93. The van der Waals surface area contributed by atoms with Crippen molar-refractivity contribution in [2.75, 3.05) is 6.54 Å². The standard InChI is InChI=1S/C8H13NO/c1-5(2)10-8-7-3-6(7)4-9-8/h5-7H,3-4H2,1-2H3. The van der Waals surface area contributed by atoms with E-state index >= 15 is 0 Å². The molecule has 1 fully saturated rings. The molecule has 0 radical (unpaired) electrons. The van der Waals surface area contributed by atoms with Gasteiger partial charge in [-0.05, 0) is 26.2 Å². The molecule has 1 saturated carbocycles. The molecule has 1 aliphatic heterocycles. The van der Waals surface area contributed by atoms with Crippen molar-refractivity contribution in [2.45, 2.75) is 26.4 Å². The zero-order valence-corrected chi connectivity index (χ0v) is 6.50. The summed E-state index contributed by atoms with van der Waals surface area (Å²) in [6, 6.07) is 0. The van der Waals surface area contributed by atoms with Crippen molar-refractivity contribution in [2.24, 2.45) is 16.8 Å². The Morgan fingerprint density at radius 3 is 2.80 bits per heavy atom. The summed E-state index contributed by atoms with van der Waals surface area (Å²) in [5.41, 5.74) is 0. The van der Waals surface area contributed by atoms with Gasteiger partial charge in [-0.2, -0.15) is 0 Å². The third kappa shape index (κ3) is 0.917. The van der Waals surface area contributed by atoms with E-state index in [0.29, 0.717) is 12.0 Å². The first-order valence-corrected chi connectivity index (χ1v) is 3.98. The van der Waals surface area contributed by atoms with E-state index in [2.05, 4.69) is 18.8 Å². The maximum atomic E-state index is 5.52. The maximum absolute atomic E-state index is 5.52. The van der Waals surface area contributed by atoms with Gasteiger partial charge >= 0.3 is 0 Å². The van der Waals surface area contributed by atoms with Crippen LogP contribution in [0.4, 0.5) is 0 Å². The minimum atomic E-state index is 0.304. The molecule has 2 heteroatoms. The summed E-state index contributed by atoms with van der Waals surface area (Å²) in [6.45, 7) is 5.13. The highest BCUT2D eigenvalue weighted by Crippen LogP contribution is 2.44. The van der Waals surface area contributed by atoms with Crippen LogP contribution in [-0.2, 0) is 4.74 Å². The van der Waals surface area contributed by atoms with Crippen LogP contribution in [0.2, 0.25) is 0 Å². The highest BCUT2D eigenvalue weighted by Gasteiger charge is 2.46. The lowest BCUT2D eigenvalue weighted by molar-refractivity contribution is 0.220. The van der Waals surface area contributed by atoms with E-state index in [1.165, 1.54) is 6.42 Å². The molecule has 0 aromatic heterocycles. The van der Waals surface area contributed by atoms with Crippen molar-refractivity contribution in [3.63, 3.8) is 0 Å². The number of aliphatic imine (C=N–C) groups is 1. The lowest BCUT2D eigenvalue weighted by atomic mass is 10.3. The molecule has 0 aromatic carbocycles. The summed E-state index contributed by atoms with van der Waals surface area (Å²) in [5.74, 6) is 2.59. The average Bonchev–Trinajstić information content (AvgIpc) is 2.52. The number of rotatable bonds is 1. The second kappa shape index (κ2) is 1.97. The fraction of sp³-hybridized carbons (Fsp3) is 0.875. The zero-order valence-electron chi connectivity index (χ0n) is 6.50. The molecule has 2 nitrogen and oxygen atoms in total. The average molecular weight is 139 g/mol. The number of nitrogens with zero attached hydrogens (tertiary/aromatic N) is 1. The number of ether oxygens (including phenoxy) is 1. The second-order valence-corrected chi connectivity index (χ2v) is 3.45. The Bertz CT molecular complexity index is 174. The van der Waals surface area contributed by atoms with Gasteiger partial charge in [0, 0.05) is 12.5 Å². The van der Waals surface area contributed by atoms with Gasteiger partial charge < -0.3 is 4.74 Å². The summed E-state index contributed by atoms with van der Waals surface area (Å²) in [4.78, 5) is 4.30. The van der Waals surface area contributed by atoms with Gasteiger partial charge in [-0.1, -0.05) is 0 Å². The molecule has 2 rings (SSSR count). The van der Waals surface area contributed by atoms with Crippen LogP contribution in [0.3, 0.4) is 0 Å². The Morgan fingerprint density at radius 1 is 1.60 bits per heavy atom. The fourth-order valence-electron chi connectivity index (χ4n) is 1.44. The predicted octanol–water partition coefficient (Wildman–Crippen LogP) is 1.46. The smallest absolute Gasteiger partial charge is 0.187 e. The van der Waals surface area contributed by atoms with Crippen LogP contribution >= 0.6 is 0 Å². The maximum Gasteiger partial charge on any atom is 0.187 e. The quantitative estimate of drug-likeness (QED) is 0.539. The van der Waals surface area contributed by atoms with Crippen molar-refractivity contribution in [3.05, 3.63) is 0 Å². The van der Waals surface area contributed by atoms with Crippen LogP contribution < -0.4 is 0 Å². The lowest BCUT2D eigenvalue weighted by Gasteiger charge is -2.08. The second-order valence-electron chi connectivity index (χ2n) is 3.45. The number of hydrogen-bond acceptors (Lipinski definition) is 2. The van der Waals surface area contributed by atoms with Crippen molar-refractivity contribution >= 4 is 5.90 Å². The largest absolute Gasteiger partial charge is 0.478 e. The molecule has 1 heterocycles. The van der Waals surface area contributed by atoms with E-state index in [1.807, 2.05) is 0 Å². The topological polar surface area (TPSA) is 21.6 Å². The molecule has 0 spiro atoms. The number of hydrogen-bond donors (Lipinski definition) is 0. The molecule has 0 N–H and O–H groups in total. The lowest BCUT2D eigenvalue weighted by Crippen LogP contribution is -2.11. The van der Waals surface area contributed by atoms with Gasteiger partial charge in [-0.25, -0.2) is 0 Å². The highest BCUT2D eigenvalue weighted by atomic mass is 16.5. The van der Waals surface area contributed by atoms with E-state index in [0.717, 1.165) is 18.4 Å². The zero-order chi connectivity index (χ0) is 7.14. The van der Waals surface area contributed by atoms with Gasteiger partial charge in [0.15, 0.2) is 5.90 Å². The highest BCUT2D eigenvalue weighted by molar-refractivity contribution is 5.84. The van der Waals surface area contributed by atoms with E-state index in [4.69, 9.17) is 4.74 Å². The molecule has 10 heavy (non-hydrogen) atoms. The normalized spacial score (nSPS) is 35.7. The van der Waals surface area contributed by atoms with Gasteiger partial charge in [0.2, 0.25) is 0 Å². The van der Waals surface area contributed by atoms with E-state index < -0.39 is 0 Å². The molecule has 0 aromatic rings. The minimum absolute atomic E-state index is 0.304. The van der Waals surface area contributed by atoms with Crippen LogP contribution in [0.1, 0.15) is 20.3 Å². The Morgan fingerprint density at radius 2 is 2.40 bits per heavy atom. The van der Waals surface area contributed by atoms with Crippen LogP contribution in [0, 0.1) is 11.8 Å². The molecular weight excluding hydrogens is 126 g/mol. The summed E-state index contributed by atoms with van der Waals surface area (Å²) >= 11 is 0. The molecule has 2 aliphatic rings. The molecule has 0 bridgehead atoms. The summed E-state index contributed by atoms with van der Waals surface area (Å²) in [5, 5.41) is 0. The third-order valence-corrected chi connectivity index (χ3v) is 2.08. The molecule has 2 unspecified atom stereocenters. The first kappa shape index (κ1) is 6.20. The van der Waals surface area contributed by atoms with Crippen molar-refractivity contribution in [1.82, 2.24) is 0 Å². The van der Waals surface area contributed by atoms with Crippen LogP contribution in [-0.4, -0.2) is 18.5 Å². The molecule has 0 amide bonds. The Kier molecular flexibility index (Phi) is 1.22. The van der Waals surface area contributed by atoms with Crippen LogP contribution in [0.5, 0.6) is 0 Å². The summed E-state index contributed by atoms with van der Waals surface area (Å²) in [6.07, 6.45) is 1.63. The van der Waals surface area contributed by atoms with Crippen molar-refractivity contribution in [1.29, 1.82) is 0 Å². The monoisotopic (exact) mass is 139 g/mol. The molecule has 1 aliphatic carbocycles. The first-order chi connectivity index (χ1) is 4.77. The molecular formula is C8H13NO. The predicted molar refractivity (Wildman–Crippen MR) is 40.1 cm³/mol. The van der Waals surface area contributed by atoms with Gasteiger partial charge in [0.05, 0.1) is 6.10 Å². The van der Waals surface area contributed by atoms with Crippen LogP contribution in [0.25, 0.3) is 0 Å². The van der Waals surface area contributed by atoms with Gasteiger partial charge in [0.1, 0.15) is 0 Å². The van der Waals surface area contributed by atoms with Gasteiger partial charge in [-0.3, -0.25) is 4.99 Å². The van der Waals surface area contributed by atoms with E-state index in [9.17, 15) is 0 Å². The van der Waals surface area contributed by atoms with E-state index in [-0.39, 0.29) is 0 Å². The SMILES string of the molecule is CC(C)OC1=NCC2CC12. The van der Waals surface area contributed by atoms with Crippen molar-refractivity contribution in [3.8, 4) is 0 Å². The summed E-state index contributed by atoms with van der Waals surface area (Å²) in [7, 11) is 0. The molecule has 2 atom stereocenters. The minimum Gasteiger partial charge on any atom is -0.478 e. The van der Waals surface area contributed by atoms with Crippen molar-refractivity contribution < 1.29 is 4.74 Å². The Labute approximate surface area is 61.3 Å². The summed E-state index contributed by atoms with van der Waals surface area (Å²) < 4.78 is 5.52. The van der Waals surface area contributed by atoms with Gasteiger partial charge in [0.25, 0.3) is 0 Å². The molecule has 0 saturated heterocycles. The number of fused-ring (bicyclic) bond motifs is 1. The van der Waals surface area contributed by atoms with Gasteiger partial charge in [-0.15, -0.1) is 0 Å². The van der Waals surface area contributed by atoms with E-state index in [1.54, 1.807) is 0 Å². The first-order valence-electron chi connectivity index (χ1n) is 3.98. The fourth-order valence-corrected chi connectivity index (χ4v) is 1.44. The van der Waals surface area contributed by atoms with Crippen LogP contribution in [0.15, 0.2) is 4.99 Å². The third-order valence-electron chi connectivity index (χ3n) is 2.08. The molecule has 56 valence electrons.